The minimum absolute atomic E-state index is 0. The molecule has 0 aromatic heterocycles. The van der Waals surface area contributed by atoms with E-state index in [4.69, 9.17) is 20.4 Å². The molecule has 0 saturated heterocycles. The third kappa shape index (κ3) is 3.74. The van der Waals surface area contributed by atoms with Gasteiger partial charge in [-0.3, -0.25) is 0 Å². The zero-order valence-corrected chi connectivity index (χ0v) is 6.58. The van der Waals surface area contributed by atoms with Gasteiger partial charge < -0.3 is 30.7 Å². The van der Waals surface area contributed by atoms with E-state index in [9.17, 15) is 4.79 Å². The predicted molar refractivity (Wildman–Crippen MR) is 39.4 cm³/mol. The predicted octanol–water partition coefficient (Wildman–Crippen LogP) is -3.18. The SMILES string of the molecule is C[C@H](O)[C@H](O)[C@@H](O)[13C@@H](O)C=O.O. The highest BCUT2D eigenvalue weighted by Gasteiger charge is 2.27. The molecule has 0 heterocycles. The van der Waals surface area contributed by atoms with Crippen molar-refractivity contribution in [3.8, 4) is 0 Å². The number of hydrogen-bond donors (Lipinski definition) is 4. The lowest BCUT2D eigenvalue weighted by molar-refractivity contribution is -0.132. The van der Waals surface area contributed by atoms with E-state index in [1.54, 1.807) is 0 Å². The Morgan fingerprint density at radius 2 is 1.50 bits per heavy atom. The van der Waals surface area contributed by atoms with Crippen LogP contribution >= 0.6 is 0 Å². The number of aliphatic hydroxyl groups is 4. The zero-order chi connectivity index (χ0) is 9.02. The van der Waals surface area contributed by atoms with Gasteiger partial charge in [0.1, 0.15) is 18.3 Å². The number of carbonyl (C=O) groups is 1. The van der Waals surface area contributed by atoms with Crippen molar-refractivity contribution in [1.29, 1.82) is 0 Å². The van der Waals surface area contributed by atoms with E-state index in [0.717, 1.165) is 0 Å². The summed E-state index contributed by atoms with van der Waals surface area (Å²) in [6.45, 7) is 1.24. The summed E-state index contributed by atoms with van der Waals surface area (Å²) >= 11 is 0. The van der Waals surface area contributed by atoms with Gasteiger partial charge in [0, 0.05) is 0 Å². The van der Waals surface area contributed by atoms with Crippen LogP contribution in [-0.4, -0.2) is 56.6 Å². The molecule has 6 nitrogen and oxygen atoms in total. The van der Waals surface area contributed by atoms with E-state index >= 15 is 0 Å². The normalized spacial score (nSPS) is 20.1. The third-order valence-electron chi connectivity index (χ3n) is 1.33. The Bertz CT molecular complexity index is 125. The Morgan fingerprint density at radius 1 is 1.08 bits per heavy atom. The first-order chi connectivity index (χ1) is 5.00. The molecular weight excluding hydrogens is 169 g/mol. The molecule has 0 aliphatic carbocycles. The van der Waals surface area contributed by atoms with E-state index in [0.29, 0.717) is 0 Å². The van der Waals surface area contributed by atoms with Crippen LogP contribution in [-0.2, 0) is 4.79 Å². The fraction of sp³-hybridized carbons (Fsp3) is 0.833. The highest BCUT2D eigenvalue weighted by Crippen LogP contribution is 2.02. The fourth-order valence-electron chi connectivity index (χ4n) is 0.568. The highest BCUT2D eigenvalue weighted by molar-refractivity contribution is 5.56. The molecule has 0 spiro atoms. The van der Waals surface area contributed by atoms with Gasteiger partial charge in [-0.1, -0.05) is 0 Å². The molecule has 0 rings (SSSR count). The van der Waals surface area contributed by atoms with Crippen molar-refractivity contribution in [2.45, 2.75) is 31.3 Å². The van der Waals surface area contributed by atoms with Gasteiger partial charge in [0.05, 0.1) is 6.10 Å². The number of aliphatic hydroxyl groups excluding tert-OH is 4. The molecule has 12 heavy (non-hydrogen) atoms. The molecule has 0 aromatic carbocycles. The summed E-state index contributed by atoms with van der Waals surface area (Å²) in [7, 11) is 0. The van der Waals surface area contributed by atoms with E-state index < -0.39 is 24.4 Å². The van der Waals surface area contributed by atoms with Crippen molar-refractivity contribution in [1.82, 2.24) is 0 Å². The van der Waals surface area contributed by atoms with Crippen molar-refractivity contribution in [3.63, 3.8) is 0 Å². The third-order valence-corrected chi connectivity index (χ3v) is 1.33. The zero-order valence-electron chi connectivity index (χ0n) is 6.58. The average Bonchev–Trinajstić information content (AvgIpc) is 2.00. The molecule has 0 bridgehead atoms. The second kappa shape index (κ2) is 6.04. The molecule has 0 saturated carbocycles. The molecule has 6 N–H and O–H groups in total. The van der Waals surface area contributed by atoms with E-state index in [1.807, 2.05) is 0 Å². The standard InChI is InChI=1S/C6H12O5.H2O/c1-3(8)5(10)6(11)4(9)2-7;/h2-6,8-11H,1H3;1H2/t3-,4-,5-,6-;/m0./s1/i4+1;. The molecule has 74 valence electrons. The van der Waals surface area contributed by atoms with Gasteiger partial charge in [-0.2, -0.15) is 0 Å². The molecule has 0 aliphatic rings. The molecule has 0 aromatic rings. The summed E-state index contributed by atoms with van der Waals surface area (Å²) in [4.78, 5) is 9.87. The van der Waals surface area contributed by atoms with E-state index in [1.165, 1.54) is 6.92 Å². The molecule has 0 fully saturated rings. The van der Waals surface area contributed by atoms with Crippen molar-refractivity contribution in [3.05, 3.63) is 0 Å². The summed E-state index contributed by atoms with van der Waals surface area (Å²) in [5, 5.41) is 35.1. The molecule has 0 aliphatic heterocycles. The van der Waals surface area contributed by atoms with Crippen LogP contribution in [0.2, 0.25) is 0 Å². The number of carbonyl (C=O) groups excluding carboxylic acids is 1. The summed E-state index contributed by atoms with van der Waals surface area (Å²) in [5.41, 5.74) is 0. The Balaban J connectivity index is 0. The number of hydrogen-bond acceptors (Lipinski definition) is 5. The minimum Gasteiger partial charge on any atom is -0.412 e. The van der Waals surface area contributed by atoms with Gasteiger partial charge in [-0.25, -0.2) is 0 Å². The summed E-state index contributed by atoms with van der Waals surface area (Å²) in [6, 6.07) is 0. The Labute approximate surface area is 69.4 Å². The number of aldehydes is 1. The smallest absolute Gasteiger partial charge is 0.151 e. The molecule has 4 atom stereocenters. The van der Waals surface area contributed by atoms with Crippen molar-refractivity contribution >= 4 is 6.29 Å². The fourth-order valence-corrected chi connectivity index (χ4v) is 0.568. The first kappa shape index (κ1) is 14.0. The largest absolute Gasteiger partial charge is 0.412 e. The Morgan fingerprint density at radius 3 is 1.75 bits per heavy atom. The van der Waals surface area contributed by atoms with Crippen LogP contribution in [0.4, 0.5) is 0 Å². The summed E-state index contributed by atoms with van der Waals surface area (Å²) in [5.74, 6) is 0. The topological polar surface area (TPSA) is 129 Å². The first-order valence-corrected chi connectivity index (χ1v) is 3.18. The molecule has 0 radical (unpaired) electrons. The maximum atomic E-state index is 9.87. The van der Waals surface area contributed by atoms with Gasteiger partial charge in [0.2, 0.25) is 0 Å². The van der Waals surface area contributed by atoms with Crippen LogP contribution in [0.25, 0.3) is 0 Å². The number of rotatable bonds is 4. The van der Waals surface area contributed by atoms with E-state index in [-0.39, 0.29) is 11.8 Å². The molecule has 0 amide bonds. The van der Waals surface area contributed by atoms with Crippen LogP contribution in [0.1, 0.15) is 6.92 Å². The first-order valence-electron chi connectivity index (χ1n) is 3.18. The maximum Gasteiger partial charge on any atom is 0.151 e. The van der Waals surface area contributed by atoms with Crippen molar-refractivity contribution in [2.24, 2.45) is 0 Å². The van der Waals surface area contributed by atoms with Crippen molar-refractivity contribution < 1.29 is 30.7 Å². The van der Waals surface area contributed by atoms with Crippen LogP contribution in [0.5, 0.6) is 0 Å². The van der Waals surface area contributed by atoms with E-state index in [2.05, 4.69) is 0 Å². The van der Waals surface area contributed by atoms with Gasteiger partial charge in [0.15, 0.2) is 6.29 Å². The minimum atomic E-state index is -1.65. The Hall–Kier alpha value is -0.530. The maximum absolute atomic E-state index is 9.87. The van der Waals surface area contributed by atoms with Crippen LogP contribution in [0.3, 0.4) is 0 Å². The van der Waals surface area contributed by atoms with Gasteiger partial charge >= 0.3 is 0 Å². The highest BCUT2D eigenvalue weighted by atomic mass is 16.4. The lowest BCUT2D eigenvalue weighted by Gasteiger charge is -2.21. The Kier molecular flexibility index (Phi) is 7.05. The van der Waals surface area contributed by atoms with Gasteiger partial charge in [-0.15, -0.1) is 0 Å². The summed E-state index contributed by atoms with van der Waals surface area (Å²) in [6.07, 6.45) is -5.88. The average molecular weight is 183 g/mol. The monoisotopic (exact) mass is 183 g/mol. The second-order valence-electron chi connectivity index (χ2n) is 2.35. The molecular formula is C6H14O6. The lowest BCUT2D eigenvalue weighted by atomic mass is 10.2. The van der Waals surface area contributed by atoms with Crippen LogP contribution < -0.4 is 0 Å². The van der Waals surface area contributed by atoms with Gasteiger partial charge in [0.25, 0.3) is 0 Å². The summed E-state index contributed by atoms with van der Waals surface area (Å²) < 4.78 is 0. The van der Waals surface area contributed by atoms with Crippen molar-refractivity contribution in [2.75, 3.05) is 0 Å². The quantitative estimate of drug-likeness (QED) is 0.270. The van der Waals surface area contributed by atoms with Crippen LogP contribution in [0.15, 0.2) is 0 Å². The molecule has 6 heteroatoms. The van der Waals surface area contributed by atoms with Crippen LogP contribution in [0, 0.1) is 0 Å². The molecule has 0 unspecified atom stereocenters. The van der Waals surface area contributed by atoms with Gasteiger partial charge in [-0.05, 0) is 6.92 Å². The second-order valence-corrected chi connectivity index (χ2v) is 2.35. The lowest BCUT2D eigenvalue weighted by Crippen LogP contribution is -2.43.